The molecule has 0 aromatic heterocycles. The average Bonchev–Trinajstić information content (AvgIpc) is 2.26. The van der Waals surface area contributed by atoms with Crippen molar-refractivity contribution in [3.63, 3.8) is 0 Å². The van der Waals surface area contributed by atoms with Crippen molar-refractivity contribution < 1.29 is 0 Å². The van der Waals surface area contributed by atoms with Gasteiger partial charge >= 0.3 is 0 Å². The van der Waals surface area contributed by atoms with E-state index < -0.39 is 0 Å². The molecular formula is C9H14N2. The van der Waals surface area contributed by atoms with Crippen molar-refractivity contribution in [3.8, 4) is 6.07 Å². The van der Waals surface area contributed by atoms with E-state index in [0.29, 0.717) is 5.92 Å². The normalized spacial score (nSPS) is 43.8. The number of piperidine rings is 1. The lowest BCUT2D eigenvalue weighted by atomic mass is 9.93. The maximum Gasteiger partial charge on any atom is 0.0657 e. The fraction of sp³-hybridized carbons (Fsp3) is 0.889. The third-order valence-electron chi connectivity index (χ3n) is 3.28. The Morgan fingerprint density at radius 3 is 2.27 bits per heavy atom. The van der Waals surface area contributed by atoms with Gasteiger partial charge in [-0.15, -0.1) is 0 Å². The summed E-state index contributed by atoms with van der Waals surface area (Å²) in [7, 11) is 2.20. The molecule has 2 heteroatoms. The van der Waals surface area contributed by atoms with Crippen molar-refractivity contribution in [1.29, 1.82) is 5.26 Å². The second-order valence-electron chi connectivity index (χ2n) is 3.85. The molecule has 2 saturated heterocycles. The van der Waals surface area contributed by atoms with Gasteiger partial charge in [0.15, 0.2) is 0 Å². The van der Waals surface area contributed by atoms with Gasteiger partial charge in [0.2, 0.25) is 0 Å². The van der Waals surface area contributed by atoms with Gasteiger partial charge in [-0.2, -0.15) is 5.26 Å². The van der Waals surface area contributed by atoms with Crippen LogP contribution in [0.25, 0.3) is 0 Å². The Balaban J connectivity index is 2.09. The summed E-state index contributed by atoms with van der Waals surface area (Å²) in [6.07, 6.45) is 4.87. The first-order chi connectivity index (χ1) is 5.31. The number of nitrogens with zero attached hydrogens (tertiary/aromatic N) is 2. The van der Waals surface area contributed by atoms with Crippen LogP contribution in [-0.2, 0) is 0 Å². The van der Waals surface area contributed by atoms with Crippen molar-refractivity contribution >= 4 is 0 Å². The predicted octanol–water partition coefficient (Wildman–Crippen LogP) is 1.38. The fourth-order valence-corrected chi connectivity index (χ4v) is 2.52. The summed E-state index contributed by atoms with van der Waals surface area (Å²) in [6.45, 7) is 0. The third kappa shape index (κ3) is 1.04. The number of rotatable bonds is 0. The van der Waals surface area contributed by atoms with Gasteiger partial charge in [-0.1, -0.05) is 0 Å². The van der Waals surface area contributed by atoms with Gasteiger partial charge < -0.3 is 4.90 Å². The van der Waals surface area contributed by atoms with Crippen LogP contribution in [-0.4, -0.2) is 24.0 Å². The van der Waals surface area contributed by atoms with Crippen LogP contribution >= 0.6 is 0 Å². The molecule has 0 N–H and O–H groups in total. The third-order valence-corrected chi connectivity index (χ3v) is 3.28. The molecule has 2 unspecified atom stereocenters. The lowest BCUT2D eigenvalue weighted by Crippen LogP contribution is -2.39. The number of fused-ring (bicyclic) bond motifs is 2. The highest BCUT2D eigenvalue weighted by atomic mass is 15.2. The zero-order chi connectivity index (χ0) is 7.84. The monoisotopic (exact) mass is 150 g/mol. The lowest BCUT2D eigenvalue weighted by Gasteiger charge is -2.33. The van der Waals surface area contributed by atoms with E-state index in [1.165, 1.54) is 12.8 Å². The van der Waals surface area contributed by atoms with E-state index in [2.05, 4.69) is 18.0 Å². The zero-order valence-electron chi connectivity index (χ0n) is 6.95. The van der Waals surface area contributed by atoms with Crippen molar-refractivity contribution in [2.75, 3.05) is 7.05 Å². The van der Waals surface area contributed by atoms with E-state index in [0.717, 1.165) is 24.9 Å². The minimum Gasteiger partial charge on any atom is -0.300 e. The molecule has 0 saturated carbocycles. The molecule has 2 fully saturated rings. The molecule has 2 rings (SSSR count). The Hall–Kier alpha value is -0.550. The molecule has 2 bridgehead atoms. The predicted molar refractivity (Wildman–Crippen MR) is 42.9 cm³/mol. The van der Waals surface area contributed by atoms with Crippen LogP contribution in [0.3, 0.4) is 0 Å². The van der Waals surface area contributed by atoms with Crippen LogP contribution in [0.1, 0.15) is 25.7 Å². The van der Waals surface area contributed by atoms with Crippen LogP contribution in [0.4, 0.5) is 0 Å². The first-order valence-electron chi connectivity index (χ1n) is 4.43. The minimum absolute atomic E-state index is 0.351. The van der Waals surface area contributed by atoms with Crippen molar-refractivity contribution in [2.24, 2.45) is 5.92 Å². The smallest absolute Gasteiger partial charge is 0.0657 e. The van der Waals surface area contributed by atoms with E-state index in [1.54, 1.807) is 0 Å². The molecule has 2 nitrogen and oxygen atoms in total. The largest absolute Gasteiger partial charge is 0.300 e. The zero-order valence-corrected chi connectivity index (χ0v) is 6.95. The summed E-state index contributed by atoms with van der Waals surface area (Å²) in [5, 5.41) is 8.77. The maximum atomic E-state index is 8.77. The first kappa shape index (κ1) is 7.12. The van der Waals surface area contributed by atoms with Gasteiger partial charge in [0.05, 0.1) is 6.07 Å². The van der Waals surface area contributed by atoms with Gasteiger partial charge in [0.1, 0.15) is 0 Å². The fourth-order valence-electron chi connectivity index (χ4n) is 2.52. The van der Waals surface area contributed by atoms with E-state index >= 15 is 0 Å². The average molecular weight is 150 g/mol. The second kappa shape index (κ2) is 2.49. The molecule has 0 aliphatic carbocycles. The Morgan fingerprint density at radius 1 is 1.27 bits per heavy atom. The molecule has 0 radical (unpaired) electrons. The molecule has 0 aromatic carbocycles. The van der Waals surface area contributed by atoms with Crippen LogP contribution in [0.2, 0.25) is 0 Å². The van der Waals surface area contributed by atoms with Crippen LogP contribution < -0.4 is 0 Å². The van der Waals surface area contributed by atoms with E-state index in [1.807, 2.05) is 0 Å². The Kier molecular flexibility index (Phi) is 1.61. The molecule has 0 aromatic rings. The van der Waals surface area contributed by atoms with Crippen molar-refractivity contribution in [2.45, 2.75) is 37.8 Å². The molecular weight excluding hydrogens is 136 g/mol. The summed E-state index contributed by atoms with van der Waals surface area (Å²) in [4.78, 5) is 2.47. The van der Waals surface area contributed by atoms with E-state index in [9.17, 15) is 0 Å². The Bertz CT molecular complexity index is 180. The van der Waals surface area contributed by atoms with Gasteiger partial charge in [-0.05, 0) is 32.7 Å². The van der Waals surface area contributed by atoms with Crippen LogP contribution in [0.15, 0.2) is 0 Å². The van der Waals surface area contributed by atoms with Crippen LogP contribution in [0.5, 0.6) is 0 Å². The standard InChI is InChI=1S/C9H14N2/c1-11-8-2-3-9(11)5-7(4-8)6-10/h7-9H,2-5H2,1H3. The highest BCUT2D eigenvalue weighted by molar-refractivity contribution is 4.99. The van der Waals surface area contributed by atoms with E-state index in [4.69, 9.17) is 5.26 Å². The Morgan fingerprint density at radius 2 is 1.82 bits per heavy atom. The minimum atomic E-state index is 0.351. The molecule has 0 amide bonds. The number of hydrogen-bond acceptors (Lipinski definition) is 2. The maximum absolute atomic E-state index is 8.77. The summed E-state index contributed by atoms with van der Waals surface area (Å²) in [5.41, 5.74) is 0. The molecule has 0 spiro atoms. The SMILES string of the molecule is CN1C2CCC1CC(C#N)C2. The molecule has 2 aliphatic rings. The number of hydrogen-bond donors (Lipinski definition) is 0. The molecule has 11 heavy (non-hydrogen) atoms. The number of nitriles is 1. The topological polar surface area (TPSA) is 27.0 Å². The summed E-state index contributed by atoms with van der Waals surface area (Å²) in [6, 6.07) is 3.84. The van der Waals surface area contributed by atoms with Gasteiger partial charge in [-0.3, -0.25) is 0 Å². The van der Waals surface area contributed by atoms with E-state index in [-0.39, 0.29) is 0 Å². The summed E-state index contributed by atoms with van der Waals surface area (Å²) >= 11 is 0. The van der Waals surface area contributed by atoms with Gasteiger partial charge in [0.25, 0.3) is 0 Å². The molecule has 2 aliphatic heterocycles. The summed E-state index contributed by atoms with van der Waals surface area (Å²) in [5.74, 6) is 0.351. The Labute approximate surface area is 67.8 Å². The quantitative estimate of drug-likeness (QED) is 0.521. The second-order valence-corrected chi connectivity index (χ2v) is 3.85. The van der Waals surface area contributed by atoms with Crippen LogP contribution in [0, 0.1) is 17.2 Å². The lowest BCUT2D eigenvalue weighted by molar-refractivity contribution is 0.154. The summed E-state index contributed by atoms with van der Waals surface area (Å²) < 4.78 is 0. The molecule has 60 valence electrons. The highest BCUT2D eigenvalue weighted by Gasteiger charge is 2.38. The van der Waals surface area contributed by atoms with Gasteiger partial charge in [0, 0.05) is 18.0 Å². The van der Waals surface area contributed by atoms with Crippen molar-refractivity contribution in [3.05, 3.63) is 0 Å². The molecule has 2 heterocycles. The molecule has 2 atom stereocenters. The first-order valence-corrected chi connectivity index (χ1v) is 4.43. The van der Waals surface area contributed by atoms with Crippen molar-refractivity contribution in [1.82, 2.24) is 4.90 Å². The highest BCUT2D eigenvalue weighted by Crippen LogP contribution is 2.36. The van der Waals surface area contributed by atoms with Gasteiger partial charge in [-0.25, -0.2) is 0 Å².